The first kappa shape index (κ1) is 23.2. The molecule has 1 aliphatic rings. The van der Waals surface area contributed by atoms with E-state index in [1.54, 1.807) is 0 Å². The van der Waals surface area contributed by atoms with Crippen molar-refractivity contribution in [1.82, 2.24) is 15.2 Å². The third-order valence-corrected chi connectivity index (χ3v) is 6.63. The summed E-state index contributed by atoms with van der Waals surface area (Å²) in [5, 5.41) is 3.05. The maximum atomic E-state index is 14.4. The van der Waals surface area contributed by atoms with Gasteiger partial charge in [-0.1, -0.05) is 55.3 Å². The molecule has 2 aromatic carbocycles. The van der Waals surface area contributed by atoms with Crippen molar-refractivity contribution >= 4 is 16.8 Å². The summed E-state index contributed by atoms with van der Waals surface area (Å²) in [6, 6.07) is 13.5. The molecule has 1 amide bonds. The minimum atomic E-state index is -4.82. The second-order valence-electron chi connectivity index (χ2n) is 8.71. The summed E-state index contributed by atoms with van der Waals surface area (Å²) in [5.41, 5.74) is -1.55. The molecule has 1 saturated carbocycles. The third kappa shape index (κ3) is 4.31. The number of carbonyl (C=O) groups excluding carboxylic acids is 1. The van der Waals surface area contributed by atoms with Gasteiger partial charge >= 0.3 is 6.18 Å². The van der Waals surface area contributed by atoms with Crippen LogP contribution in [0.15, 0.2) is 54.6 Å². The number of hydrogen-bond acceptors (Lipinski definition) is 3. The van der Waals surface area contributed by atoms with Gasteiger partial charge in [0.2, 0.25) is 0 Å². The number of alkyl halides is 3. The molecule has 4 rings (SSSR count). The predicted molar refractivity (Wildman–Crippen MR) is 118 cm³/mol. The number of para-hydroxylation sites is 1. The number of fused-ring (bicyclic) bond motifs is 1. The molecule has 1 N–H and O–H groups in total. The van der Waals surface area contributed by atoms with Crippen LogP contribution in [-0.2, 0) is 6.18 Å². The van der Waals surface area contributed by atoms with Gasteiger partial charge in [-0.25, -0.2) is 9.37 Å². The predicted octanol–water partition coefficient (Wildman–Crippen LogP) is 5.74. The normalized spacial score (nSPS) is 16.8. The van der Waals surface area contributed by atoms with Crippen LogP contribution in [-0.4, -0.2) is 35.4 Å². The number of nitrogens with one attached hydrogen (secondary N) is 1. The fourth-order valence-corrected chi connectivity index (χ4v) is 4.91. The average Bonchev–Trinajstić information content (AvgIpc) is 3.28. The Bertz CT molecular complexity index is 1160. The number of benzene rings is 2. The van der Waals surface area contributed by atoms with E-state index in [0.29, 0.717) is 6.07 Å². The van der Waals surface area contributed by atoms with Gasteiger partial charge < -0.3 is 10.2 Å². The first-order chi connectivity index (χ1) is 15.6. The molecule has 1 fully saturated rings. The van der Waals surface area contributed by atoms with E-state index in [0.717, 1.165) is 37.3 Å². The Kier molecular flexibility index (Phi) is 6.14. The minimum absolute atomic E-state index is 0.0395. The zero-order chi connectivity index (χ0) is 23.8. The fraction of sp³-hybridized carbons (Fsp3) is 0.360. The van der Waals surface area contributed by atoms with E-state index in [1.165, 1.54) is 12.1 Å². The van der Waals surface area contributed by atoms with E-state index in [1.807, 2.05) is 44.4 Å². The first-order valence-corrected chi connectivity index (χ1v) is 10.8. The minimum Gasteiger partial charge on any atom is -0.343 e. The van der Waals surface area contributed by atoms with Crippen molar-refractivity contribution in [2.45, 2.75) is 43.4 Å². The molecule has 4 nitrogen and oxygen atoms in total. The van der Waals surface area contributed by atoms with Crippen molar-refractivity contribution in [2.75, 3.05) is 14.1 Å². The Morgan fingerprint density at radius 1 is 1.06 bits per heavy atom. The van der Waals surface area contributed by atoms with Crippen LogP contribution in [0.3, 0.4) is 0 Å². The van der Waals surface area contributed by atoms with Crippen LogP contribution in [0.2, 0.25) is 0 Å². The molecule has 0 saturated heterocycles. The van der Waals surface area contributed by atoms with Crippen molar-refractivity contribution in [1.29, 1.82) is 0 Å². The summed E-state index contributed by atoms with van der Waals surface area (Å²) in [7, 11) is 3.90. The molecule has 8 heteroatoms. The molecule has 1 atom stereocenters. The Morgan fingerprint density at radius 3 is 2.33 bits per heavy atom. The van der Waals surface area contributed by atoms with Crippen molar-refractivity contribution in [3.63, 3.8) is 0 Å². The summed E-state index contributed by atoms with van der Waals surface area (Å²) in [6.45, 7) is 0. The van der Waals surface area contributed by atoms with Crippen LogP contribution in [0.25, 0.3) is 10.9 Å². The van der Waals surface area contributed by atoms with Gasteiger partial charge in [-0.15, -0.1) is 0 Å². The second kappa shape index (κ2) is 8.74. The van der Waals surface area contributed by atoms with E-state index >= 15 is 0 Å². The van der Waals surface area contributed by atoms with Crippen LogP contribution in [0.4, 0.5) is 17.6 Å². The van der Waals surface area contributed by atoms with Gasteiger partial charge in [0.05, 0.1) is 11.6 Å². The summed E-state index contributed by atoms with van der Waals surface area (Å²) >= 11 is 0. The van der Waals surface area contributed by atoms with Crippen LogP contribution in [0.1, 0.15) is 53.3 Å². The van der Waals surface area contributed by atoms with Crippen molar-refractivity contribution in [3.05, 3.63) is 77.2 Å². The zero-order valence-electron chi connectivity index (χ0n) is 18.4. The highest BCUT2D eigenvalue weighted by Crippen LogP contribution is 2.44. The van der Waals surface area contributed by atoms with Crippen LogP contribution < -0.4 is 5.32 Å². The molecule has 3 aromatic rings. The fourth-order valence-electron chi connectivity index (χ4n) is 4.91. The molecule has 1 unspecified atom stereocenters. The van der Waals surface area contributed by atoms with E-state index in [9.17, 15) is 22.4 Å². The standard InChI is InChI=1S/C25H25F4N3O/c1-32(2)24(13-6-7-14-24)22(16-9-4-3-5-10-16)31-23(33)18-15-20(25(27,28)29)30-21-17(18)11-8-12-19(21)26/h3-5,8-12,15,22H,6-7,13-14H2,1-2H3,(H,31,33). The second-order valence-corrected chi connectivity index (χ2v) is 8.71. The van der Waals surface area contributed by atoms with Gasteiger partial charge in [0.15, 0.2) is 0 Å². The molecule has 0 aliphatic heterocycles. The van der Waals surface area contributed by atoms with Gasteiger partial charge in [-0.3, -0.25) is 4.79 Å². The summed E-state index contributed by atoms with van der Waals surface area (Å²) in [5.74, 6) is -1.60. The van der Waals surface area contributed by atoms with Gasteiger partial charge in [0.25, 0.3) is 5.91 Å². The SMILES string of the molecule is CN(C)C1(C(NC(=O)c2cc(C(F)(F)F)nc3c(F)cccc23)c2ccccc2)CCCC1. The smallest absolute Gasteiger partial charge is 0.343 e. The lowest BCUT2D eigenvalue weighted by molar-refractivity contribution is -0.141. The van der Waals surface area contributed by atoms with Crippen LogP contribution in [0.5, 0.6) is 0 Å². The lowest BCUT2D eigenvalue weighted by Crippen LogP contribution is -2.53. The molecule has 174 valence electrons. The van der Waals surface area contributed by atoms with Crippen molar-refractivity contribution in [3.8, 4) is 0 Å². The summed E-state index contributed by atoms with van der Waals surface area (Å²) < 4.78 is 54.9. The van der Waals surface area contributed by atoms with Gasteiger partial charge in [0.1, 0.15) is 17.0 Å². The Balaban J connectivity index is 1.83. The number of amides is 1. The molecule has 0 radical (unpaired) electrons. The molecule has 1 aromatic heterocycles. The van der Waals surface area contributed by atoms with E-state index < -0.39 is 40.7 Å². The number of aromatic nitrogens is 1. The number of carbonyl (C=O) groups is 1. The highest BCUT2D eigenvalue weighted by molar-refractivity contribution is 6.06. The molecule has 1 aliphatic carbocycles. The van der Waals surface area contributed by atoms with E-state index in [4.69, 9.17) is 0 Å². The molecular formula is C25H25F4N3O. The number of halogens is 4. The molecule has 33 heavy (non-hydrogen) atoms. The van der Waals surface area contributed by atoms with Crippen molar-refractivity contribution in [2.24, 2.45) is 0 Å². The Hall–Kier alpha value is -3.00. The summed E-state index contributed by atoms with van der Waals surface area (Å²) in [4.78, 5) is 19.1. The molecular weight excluding hydrogens is 434 g/mol. The van der Waals surface area contributed by atoms with Crippen LogP contribution >= 0.6 is 0 Å². The third-order valence-electron chi connectivity index (χ3n) is 6.63. The number of hydrogen-bond donors (Lipinski definition) is 1. The number of likely N-dealkylation sites (N-methyl/N-ethyl adjacent to an activating group) is 1. The lowest BCUT2D eigenvalue weighted by atomic mass is 9.82. The maximum absolute atomic E-state index is 14.4. The van der Waals surface area contributed by atoms with Gasteiger partial charge in [0, 0.05) is 10.9 Å². The number of rotatable bonds is 5. The quantitative estimate of drug-likeness (QED) is 0.495. The first-order valence-electron chi connectivity index (χ1n) is 10.8. The highest BCUT2D eigenvalue weighted by atomic mass is 19.4. The van der Waals surface area contributed by atoms with Crippen molar-refractivity contribution < 1.29 is 22.4 Å². The topological polar surface area (TPSA) is 45.2 Å². The zero-order valence-corrected chi connectivity index (χ0v) is 18.4. The number of pyridine rings is 1. The van der Waals surface area contributed by atoms with Gasteiger partial charge in [-0.2, -0.15) is 13.2 Å². The Labute approximate surface area is 189 Å². The summed E-state index contributed by atoms with van der Waals surface area (Å²) in [6.07, 6.45) is -1.18. The van der Waals surface area contributed by atoms with E-state index in [2.05, 4.69) is 15.2 Å². The Morgan fingerprint density at radius 2 is 1.73 bits per heavy atom. The average molecular weight is 459 g/mol. The van der Waals surface area contributed by atoms with Gasteiger partial charge in [-0.05, 0) is 44.6 Å². The van der Waals surface area contributed by atoms with E-state index in [-0.39, 0.29) is 10.9 Å². The molecule has 0 spiro atoms. The molecule has 1 heterocycles. The van der Waals surface area contributed by atoms with Crippen LogP contribution in [0, 0.1) is 5.82 Å². The highest BCUT2D eigenvalue weighted by Gasteiger charge is 2.45. The lowest BCUT2D eigenvalue weighted by Gasteiger charge is -2.44. The molecule has 0 bridgehead atoms. The monoisotopic (exact) mass is 459 g/mol. The number of nitrogens with zero attached hydrogens (tertiary/aromatic N) is 2. The maximum Gasteiger partial charge on any atom is 0.433 e. The largest absolute Gasteiger partial charge is 0.433 e.